The van der Waals surface area contributed by atoms with Gasteiger partial charge in [-0.25, -0.2) is 4.79 Å². The zero-order chi connectivity index (χ0) is 16.5. The molecule has 1 saturated carbocycles. The summed E-state index contributed by atoms with van der Waals surface area (Å²) in [5.74, 6) is 1.11. The molecule has 2 atom stereocenters. The second-order valence-electron chi connectivity index (χ2n) is 5.84. The summed E-state index contributed by atoms with van der Waals surface area (Å²) < 4.78 is 15.0. The minimum Gasteiger partial charge on any atom is -0.490 e. The van der Waals surface area contributed by atoms with Crippen molar-refractivity contribution in [3.63, 3.8) is 0 Å². The highest BCUT2D eigenvalue weighted by atomic mass is 16.7. The van der Waals surface area contributed by atoms with Gasteiger partial charge in [-0.3, -0.25) is 0 Å². The SMILES string of the molecule is CCOC(=O)OCCOc1ccc(C[C@@H]2CCCC[C@@H]2O)cc1. The molecule has 1 aromatic rings. The first-order valence-electron chi connectivity index (χ1n) is 8.38. The van der Waals surface area contributed by atoms with Crippen LogP contribution in [-0.2, 0) is 15.9 Å². The number of aliphatic hydroxyl groups excluding tert-OH is 1. The largest absolute Gasteiger partial charge is 0.508 e. The number of hydrogen-bond donors (Lipinski definition) is 1. The third kappa shape index (κ3) is 6.10. The summed E-state index contributed by atoms with van der Waals surface area (Å²) in [7, 11) is 0. The molecule has 0 spiro atoms. The molecule has 0 amide bonds. The molecular formula is C18H26O5. The van der Waals surface area contributed by atoms with Gasteiger partial charge in [-0.05, 0) is 49.8 Å². The lowest BCUT2D eigenvalue weighted by molar-refractivity contribution is 0.0495. The lowest BCUT2D eigenvalue weighted by atomic mass is 9.82. The summed E-state index contributed by atoms with van der Waals surface area (Å²) in [5.41, 5.74) is 1.21. The predicted molar refractivity (Wildman–Crippen MR) is 86.6 cm³/mol. The summed E-state index contributed by atoms with van der Waals surface area (Å²) in [6.45, 7) is 2.48. The van der Waals surface area contributed by atoms with E-state index in [0.717, 1.165) is 31.4 Å². The lowest BCUT2D eigenvalue weighted by Crippen LogP contribution is -2.26. The van der Waals surface area contributed by atoms with E-state index in [1.807, 2.05) is 24.3 Å². The van der Waals surface area contributed by atoms with E-state index >= 15 is 0 Å². The van der Waals surface area contributed by atoms with Crippen molar-refractivity contribution in [2.24, 2.45) is 5.92 Å². The number of carbonyl (C=O) groups is 1. The van der Waals surface area contributed by atoms with Crippen molar-refractivity contribution in [1.82, 2.24) is 0 Å². The molecular weight excluding hydrogens is 296 g/mol. The number of aliphatic hydroxyl groups is 1. The second kappa shape index (κ2) is 9.40. The molecule has 5 nitrogen and oxygen atoms in total. The van der Waals surface area contributed by atoms with Crippen LogP contribution in [0.4, 0.5) is 4.79 Å². The zero-order valence-corrected chi connectivity index (χ0v) is 13.7. The Labute approximate surface area is 137 Å². The van der Waals surface area contributed by atoms with E-state index in [2.05, 4.69) is 4.74 Å². The molecule has 0 aliphatic heterocycles. The van der Waals surface area contributed by atoms with Crippen molar-refractivity contribution < 1.29 is 24.1 Å². The van der Waals surface area contributed by atoms with E-state index in [-0.39, 0.29) is 12.7 Å². The standard InChI is InChI=1S/C18H26O5/c1-2-21-18(20)23-12-11-22-16-9-7-14(8-10-16)13-15-5-3-4-6-17(15)19/h7-10,15,17,19H,2-6,11-13H2,1H3/t15-,17-/m0/s1. The van der Waals surface area contributed by atoms with Gasteiger partial charge in [0.25, 0.3) is 0 Å². The number of benzene rings is 1. The van der Waals surface area contributed by atoms with Crippen molar-refractivity contribution in [3.8, 4) is 5.75 Å². The van der Waals surface area contributed by atoms with Crippen LogP contribution in [0.3, 0.4) is 0 Å². The molecule has 0 heterocycles. The fourth-order valence-corrected chi connectivity index (χ4v) is 2.89. The lowest BCUT2D eigenvalue weighted by Gasteiger charge is -2.27. The molecule has 0 radical (unpaired) electrons. The minimum atomic E-state index is -0.669. The number of hydrogen-bond acceptors (Lipinski definition) is 5. The summed E-state index contributed by atoms with van der Waals surface area (Å²) in [6.07, 6.45) is 4.45. The quantitative estimate of drug-likeness (QED) is 0.616. The molecule has 1 fully saturated rings. The Morgan fingerprint density at radius 2 is 1.87 bits per heavy atom. The van der Waals surface area contributed by atoms with Crippen LogP contribution in [0.25, 0.3) is 0 Å². The van der Waals surface area contributed by atoms with E-state index < -0.39 is 6.16 Å². The van der Waals surface area contributed by atoms with Gasteiger partial charge in [0.2, 0.25) is 0 Å². The molecule has 0 bridgehead atoms. The molecule has 128 valence electrons. The third-order valence-electron chi connectivity index (χ3n) is 4.12. The van der Waals surface area contributed by atoms with Crippen molar-refractivity contribution in [2.75, 3.05) is 19.8 Å². The maximum atomic E-state index is 11.0. The normalized spacial score (nSPS) is 20.8. The van der Waals surface area contributed by atoms with Crippen LogP contribution in [0, 0.1) is 5.92 Å². The Balaban J connectivity index is 1.70. The Kier molecular flexibility index (Phi) is 7.20. The topological polar surface area (TPSA) is 65.0 Å². The summed E-state index contributed by atoms with van der Waals surface area (Å²) in [4.78, 5) is 11.0. The van der Waals surface area contributed by atoms with Gasteiger partial charge in [-0.2, -0.15) is 0 Å². The molecule has 0 saturated heterocycles. The number of carbonyl (C=O) groups excluding carboxylic acids is 1. The van der Waals surface area contributed by atoms with Crippen LogP contribution in [0.2, 0.25) is 0 Å². The molecule has 0 aromatic heterocycles. The van der Waals surface area contributed by atoms with Crippen LogP contribution in [-0.4, -0.2) is 37.2 Å². The molecule has 23 heavy (non-hydrogen) atoms. The minimum absolute atomic E-state index is 0.162. The van der Waals surface area contributed by atoms with Crippen LogP contribution >= 0.6 is 0 Å². The number of ether oxygens (including phenoxy) is 3. The Bertz CT molecular complexity index is 471. The smallest absolute Gasteiger partial charge is 0.490 e. The van der Waals surface area contributed by atoms with Crippen molar-refractivity contribution >= 4 is 6.16 Å². The van der Waals surface area contributed by atoms with Crippen molar-refractivity contribution in [1.29, 1.82) is 0 Å². The van der Waals surface area contributed by atoms with Gasteiger partial charge in [0, 0.05) is 0 Å². The van der Waals surface area contributed by atoms with Gasteiger partial charge in [-0.1, -0.05) is 25.0 Å². The van der Waals surface area contributed by atoms with Crippen molar-refractivity contribution in [2.45, 2.75) is 45.1 Å². The summed E-state index contributed by atoms with van der Waals surface area (Å²) in [6, 6.07) is 7.88. The van der Waals surface area contributed by atoms with E-state index in [0.29, 0.717) is 19.1 Å². The highest BCUT2D eigenvalue weighted by molar-refractivity contribution is 5.59. The Morgan fingerprint density at radius 3 is 2.57 bits per heavy atom. The summed E-state index contributed by atoms with van der Waals surface area (Å²) in [5, 5.41) is 10.0. The van der Waals surface area contributed by atoms with Crippen LogP contribution in [0.5, 0.6) is 5.75 Å². The Hall–Kier alpha value is -1.75. The van der Waals surface area contributed by atoms with Gasteiger partial charge in [0.05, 0.1) is 12.7 Å². The summed E-state index contributed by atoms with van der Waals surface area (Å²) >= 11 is 0. The molecule has 5 heteroatoms. The Morgan fingerprint density at radius 1 is 1.13 bits per heavy atom. The third-order valence-corrected chi connectivity index (χ3v) is 4.12. The van der Waals surface area contributed by atoms with Crippen LogP contribution in [0.15, 0.2) is 24.3 Å². The van der Waals surface area contributed by atoms with Crippen LogP contribution < -0.4 is 4.74 Å². The average Bonchev–Trinajstić information content (AvgIpc) is 2.55. The average molecular weight is 322 g/mol. The maximum Gasteiger partial charge on any atom is 0.508 e. The fourth-order valence-electron chi connectivity index (χ4n) is 2.89. The highest BCUT2D eigenvalue weighted by Crippen LogP contribution is 2.27. The molecule has 0 unspecified atom stereocenters. The molecule has 1 aliphatic carbocycles. The van der Waals surface area contributed by atoms with Crippen molar-refractivity contribution in [3.05, 3.63) is 29.8 Å². The second-order valence-corrected chi connectivity index (χ2v) is 5.84. The van der Waals surface area contributed by atoms with Gasteiger partial charge in [0.15, 0.2) is 0 Å². The monoisotopic (exact) mass is 322 g/mol. The van der Waals surface area contributed by atoms with Gasteiger partial charge < -0.3 is 19.3 Å². The van der Waals surface area contributed by atoms with Gasteiger partial charge >= 0.3 is 6.16 Å². The first kappa shape index (κ1) is 17.6. The van der Waals surface area contributed by atoms with Gasteiger partial charge in [-0.15, -0.1) is 0 Å². The van der Waals surface area contributed by atoms with Gasteiger partial charge in [0.1, 0.15) is 19.0 Å². The number of rotatable bonds is 7. The van der Waals surface area contributed by atoms with E-state index in [4.69, 9.17) is 9.47 Å². The fraction of sp³-hybridized carbons (Fsp3) is 0.611. The first-order valence-corrected chi connectivity index (χ1v) is 8.38. The first-order chi connectivity index (χ1) is 11.2. The van der Waals surface area contributed by atoms with Crippen LogP contribution in [0.1, 0.15) is 38.2 Å². The maximum absolute atomic E-state index is 11.0. The molecule has 1 aliphatic rings. The molecule has 1 aromatic carbocycles. The predicted octanol–water partition coefficient (Wildman–Crippen LogP) is 3.33. The highest BCUT2D eigenvalue weighted by Gasteiger charge is 2.22. The van der Waals surface area contributed by atoms with E-state index in [1.54, 1.807) is 6.92 Å². The molecule has 1 N–H and O–H groups in total. The zero-order valence-electron chi connectivity index (χ0n) is 13.7. The molecule has 2 rings (SSSR count). The van der Waals surface area contributed by atoms with E-state index in [9.17, 15) is 9.90 Å². The van der Waals surface area contributed by atoms with E-state index in [1.165, 1.54) is 12.0 Å².